The molecule has 0 aliphatic carbocycles. The van der Waals surface area contributed by atoms with Crippen LogP contribution in [0, 0.1) is 5.41 Å². The highest BCUT2D eigenvalue weighted by molar-refractivity contribution is 5.57. The Balaban J connectivity index is 1.43. The fourth-order valence-corrected chi connectivity index (χ4v) is 3.32. The number of fused-ring (bicyclic) bond motifs is 1. The van der Waals surface area contributed by atoms with Crippen LogP contribution in [0.4, 0.5) is 5.69 Å². The van der Waals surface area contributed by atoms with Crippen LogP contribution in [-0.2, 0) is 4.74 Å². The third-order valence-corrected chi connectivity index (χ3v) is 4.86. The van der Waals surface area contributed by atoms with Gasteiger partial charge in [0.15, 0.2) is 0 Å². The molecule has 0 radical (unpaired) electrons. The van der Waals surface area contributed by atoms with Crippen LogP contribution < -0.4 is 10.6 Å². The molecular formula is C17H26N2O. The molecule has 1 fully saturated rings. The van der Waals surface area contributed by atoms with Gasteiger partial charge in [0.25, 0.3) is 0 Å². The molecule has 0 saturated carbocycles. The molecule has 3 nitrogen and oxygen atoms in total. The van der Waals surface area contributed by atoms with Crippen LogP contribution in [0.25, 0.3) is 0 Å². The summed E-state index contributed by atoms with van der Waals surface area (Å²) < 4.78 is 5.46. The van der Waals surface area contributed by atoms with Crippen molar-refractivity contribution in [2.75, 3.05) is 38.2 Å². The lowest BCUT2D eigenvalue weighted by atomic mass is 9.82. The zero-order chi connectivity index (χ0) is 13.8. The molecule has 0 spiro atoms. The van der Waals surface area contributed by atoms with Gasteiger partial charge in [-0.15, -0.1) is 0 Å². The molecule has 3 heteroatoms. The SMILES string of the molecule is CC1(CNCCC2CNc3ccccc32)CCOCC1. The molecule has 2 aliphatic heterocycles. The first-order valence-electron chi connectivity index (χ1n) is 7.88. The Hall–Kier alpha value is -1.06. The summed E-state index contributed by atoms with van der Waals surface area (Å²) in [6.45, 7) is 7.56. The van der Waals surface area contributed by atoms with Gasteiger partial charge in [-0.05, 0) is 42.9 Å². The van der Waals surface area contributed by atoms with E-state index in [1.54, 1.807) is 0 Å². The fraction of sp³-hybridized carbons (Fsp3) is 0.647. The van der Waals surface area contributed by atoms with Gasteiger partial charge in [0, 0.05) is 37.9 Å². The summed E-state index contributed by atoms with van der Waals surface area (Å²) in [7, 11) is 0. The maximum Gasteiger partial charge on any atom is 0.0471 e. The van der Waals surface area contributed by atoms with Gasteiger partial charge in [-0.2, -0.15) is 0 Å². The Morgan fingerprint density at radius 1 is 1.30 bits per heavy atom. The normalized spacial score (nSPS) is 24.1. The van der Waals surface area contributed by atoms with Gasteiger partial charge in [0.05, 0.1) is 0 Å². The van der Waals surface area contributed by atoms with Crippen LogP contribution in [0.3, 0.4) is 0 Å². The van der Waals surface area contributed by atoms with Gasteiger partial charge in [-0.3, -0.25) is 0 Å². The molecule has 1 aromatic carbocycles. The number of hydrogen-bond acceptors (Lipinski definition) is 3. The van der Waals surface area contributed by atoms with Gasteiger partial charge in [-0.1, -0.05) is 25.1 Å². The lowest BCUT2D eigenvalue weighted by Crippen LogP contribution is -2.37. The van der Waals surface area contributed by atoms with Gasteiger partial charge >= 0.3 is 0 Å². The van der Waals surface area contributed by atoms with E-state index in [4.69, 9.17) is 4.74 Å². The molecular weight excluding hydrogens is 248 g/mol. The van der Waals surface area contributed by atoms with Gasteiger partial charge in [0.2, 0.25) is 0 Å². The number of para-hydroxylation sites is 1. The van der Waals surface area contributed by atoms with E-state index >= 15 is 0 Å². The first kappa shape index (κ1) is 13.9. The molecule has 1 unspecified atom stereocenters. The van der Waals surface area contributed by atoms with Crippen molar-refractivity contribution in [3.8, 4) is 0 Å². The summed E-state index contributed by atoms with van der Waals surface area (Å²) in [5.74, 6) is 0.668. The van der Waals surface area contributed by atoms with Gasteiger partial charge in [-0.25, -0.2) is 0 Å². The van der Waals surface area contributed by atoms with Crippen LogP contribution in [0.2, 0.25) is 0 Å². The summed E-state index contributed by atoms with van der Waals surface area (Å²) in [5, 5.41) is 7.17. The molecule has 0 aromatic heterocycles. The molecule has 110 valence electrons. The van der Waals surface area contributed by atoms with Crippen molar-refractivity contribution in [2.45, 2.75) is 32.1 Å². The molecule has 2 N–H and O–H groups in total. The molecule has 2 heterocycles. The Kier molecular flexibility index (Phi) is 4.27. The average Bonchev–Trinajstić information content (AvgIpc) is 2.88. The Bertz CT molecular complexity index is 440. The second-order valence-corrected chi connectivity index (χ2v) is 6.55. The maximum absolute atomic E-state index is 5.46. The molecule has 1 aromatic rings. The topological polar surface area (TPSA) is 33.3 Å². The van der Waals surface area contributed by atoms with Crippen molar-refractivity contribution in [1.29, 1.82) is 0 Å². The van der Waals surface area contributed by atoms with Crippen LogP contribution >= 0.6 is 0 Å². The highest BCUT2D eigenvalue weighted by Crippen LogP contribution is 2.33. The van der Waals surface area contributed by atoms with Gasteiger partial charge in [0.1, 0.15) is 0 Å². The standard InChI is InChI=1S/C17H26N2O/c1-17(7-10-20-11-8-17)13-18-9-6-14-12-19-16-5-3-2-4-15(14)16/h2-5,14,18-19H,6-13H2,1H3. The highest BCUT2D eigenvalue weighted by atomic mass is 16.5. The van der Waals surface area contributed by atoms with E-state index in [0.29, 0.717) is 11.3 Å². The molecule has 3 rings (SSSR count). The van der Waals surface area contributed by atoms with Crippen molar-refractivity contribution >= 4 is 5.69 Å². The minimum absolute atomic E-state index is 0.435. The Morgan fingerprint density at radius 2 is 2.10 bits per heavy atom. The zero-order valence-electron chi connectivity index (χ0n) is 12.5. The van der Waals surface area contributed by atoms with Crippen LogP contribution in [0.1, 0.15) is 37.7 Å². The Morgan fingerprint density at radius 3 is 2.95 bits per heavy atom. The van der Waals surface area contributed by atoms with E-state index in [-0.39, 0.29) is 0 Å². The smallest absolute Gasteiger partial charge is 0.0471 e. The van der Waals surface area contributed by atoms with Crippen molar-refractivity contribution < 1.29 is 4.74 Å². The van der Waals surface area contributed by atoms with Crippen molar-refractivity contribution in [1.82, 2.24) is 5.32 Å². The largest absolute Gasteiger partial charge is 0.384 e. The minimum atomic E-state index is 0.435. The third-order valence-electron chi connectivity index (χ3n) is 4.86. The van der Waals surface area contributed by atoms with Gasteiger partial charge < -0.3 is 15.4 Å². The number of benzene rings is 1. The van der Waals surface area contributed by atoms with Crippen molar-refractivity contribution in [3.05, 3.63) is 29.8 Å². The van der Waals surface area contributed by atoms with E-state index in [1.165, 1.54) is 30.5 Å². The van der Waals surface area contributed by atoms with Crippen molar-refractivity contribution in [2.24, 2.45) is 5.41 Å². The van der Waals surface area contributed by atoms with Crippen LogP contribution in [0.15, 0.2) is 24.3 Å². The molecule has 0 amide bonds. The van der Waals surface area contributed by atoms with E-state index in [0.717, 1.165) is 32.8 Å². The molecule has 0 bridgehead atoms. The molecule has 2 aliphatic rings. The summed E-state index contributed by atoms with van der Waals surface area (Å²) in [6, 6.07) is 8.71. The lowest BCUT2D eigenvalue weighted by molar-refractivity contribution is 0.0241. The minimum Gasteiger partial charge on any atom is -0.384 e. The monoisotopic (exact) mass is 274 g/mol. The Labute approximate surface area is 122 Å². The first-order valence-corrected chi connectivity index (χ1v) is 7.88. The molecule has 20 heavy (non-hydrogen) atoms. The summed E-state index contributed by atoms with van der Waals surface area (Å²) in [4.78, 5) is 0. The zero-order valence-corrected chi connectivity index (χ0v) is 12.5. The summed E-state index contributed by atoms with van der Waals surface area (Å²) in [5.41, 5.74) is 3.25. The number of anilines is 1. The first-order chi connectivity index (χ1) is 9.77. The number of rotatable bonds is 5. The van der Waals surface area contributed by atoms with Crippen LogP contribution in [-0.4, -0.2) is 32.8 Å². The fourth-order valence-electron chi connectivity index (χ4n) is 3.32. The third kappa shape index (κ3) is 3.15. The summed E-state index contributed by atoms with van der Waals surface area (Å²) >= 11 is 0. The lowest BCUT2D eigenvalue weighted by Gasteiger charge is -2.33. The highest BCUT2D eigenvalue weighted by Gasteiger charge is 2.27. The second kappa shape index (κ2) is 6.15. The average molecular weight is 274 g/mol. The number of nitrogens with one attached hydrogen (secondary N) is 2. The molecule has 1 atom stereocenters. The molecule has 1 saturated heterocycles. The van der Waals surface area contributed by atoms with Crippen LogP contribution in [0.5, 0.6) is 0 Å². The number of hydrogen-bond donors (Lipinski definition) is 2. The quantitative estimate of drug-likeness (QED) is 0.810. The van der Waals surface area contributed by atoms with E-state index in [2.05, 4.69) is 41.8 Å². The van der Waals surface area contributed by atoms with E-state index < -0.39 is 0 Å². The van der Waals surface area contributed by atoms with E-state index in [9.17, 15) is 0 Å². The summed E-state index contributed by atoms with van der Waals surface area (Å²) in [6.07, 6.45) is 3.60. The predicted octanol–water partition coefficient (Wildman–Crippen LogP) is 2.99. The second-order valence-electron chi connectivity index (χ2n) is 6.55. The maximum atomic E-state index is 5.46. The van der Waals surface area contributed by atoms with Crippen molar-refractivity contribution in [3.63, 3.8) is 0 Å². The van der Waals surface area contributed by atoms with E-state index in [1.807, 2.05) is 0 Å². The number of ether oxygens (including phenoxy) is 1. The predicted molar refractivity (Wildman–Crippen MR) is 83.3 cm³/mol.